The van der Waals surface area contributed by atoms with Crippen LogP contribution in [0.3, 0.4) is 0 Å². The van der Waals surface area contributed by atoms with Crippen LogP contribution in [-0.2, 0) is 9.53 Å². The summed E-state index contributed by atoms with van der Waals surface area (Å²) in [6.45, 7) is 1.58. The highest BCUT2D eigenvalue weighted by molar-refractivity contribution is 5.76. The Morgan fingerprint density at radius 1 is 1.53 bits per heavy atom. The minimum Gasteiger partial charge on any atom is -0.508 e. The SMILES string of the molecule is CCOC(=O)C(F)[C@H](N)c1cc(O)ccc1O. The number of rotatable bonds is 4. The van der Waals surface area contributed by atoms with E-state index in [1.165, 1.54) is 12.1 Å². The van der Waals surface area contributed by atoms with Crippen LogP contribution < -0.4 is 5.73 Å². The maximum Gasteiger partial charge on any atom is 0.342 e. The van der Waals surface area contributed by atoms with Gasteiger partial charge in [-0.3, -0.25) is 0 Å². The van der Waals surface area contributed by atoms with Gasteiger partial charge in [-0.05, 0) is 25.1 Å². The fourth-order valence-electron chi connectivity index (χ4n) is 1.34. The summed E-state index contributed by atoms with van der Waals surface area (Å²) in [4.78, 5) is 11.1. The molecule has 1 aromatic rings. The lowest BCUT2D eigenvalue weighted by Gasteiger charge is -2.17. The molecule has 0 radical (unpaired) electrons. The number of phenols is 2. The average molecular weight is 243 g/mol. The van der Waals surface area contributed by atoms with Gasteiger partial charge in [-0.15, -0.1) is 0 Å². The maximum atomic E-state index is 13.6. The van der Waals surface area contributed by atoms with Gasteiger partial charge in [0.15, 0.2) is 0 Å². The third-order valence-electron chi connectivity index (χ3n) is 2.20. The lowest BCUT2D eigenvalue weighted by atomic mass is 10.0. The van der Waals surface area contributed by atoms with Crippen molar-refractivity contribution >= 4 is 5.97 Å². The van der Waals surface area contributed by atoms with Crippen LogP contribution in [0.2, 0.25) is 0 Å². The molecule has 17 heavy (non-hydrogen) atoms. The van der Waals surface area contributed by atoms with Crippen LogP contribution in [0, 0.1) is 0 Å². The summed E-state index contributed by atoms with van der Waals surface area (Å²) in [5.41, 5.74) is 5.44. The van der Waals surface area contributed by atoms with Crippen molar-refractivity contribution in [1.29, 1.82) is 0 Å². The number of esters is 1. The number of nitrogens with two attached hydrogens (primary N) is 1. The van der Waals surface area contributed by atoms with E-state index in [-0.39, 0.29) is 23.7 Å². The summed E-state index contributed by atoms with van der Waals surface area (Å²) in [6, 6.07) is 2.11. The number of carbonyl (C=O) groups excluding carboxylic acids is 1. The monoisotopic (exact) mass is 243 g/mol. The highest BCUT2D eigenvalue weighted by Crippen LogP contribution is 2.29. The first-order chi connectivity index (χ1) is 7.97. The normalized spacial score (nSPS) is 14.1. The first kappa shape index (κ1) is 13.2. The number of carbonyl (C=O) groups is 1. The van der Waals surface area contributed by atoms with Gasteiger partial charge in [0.2, 0.25) is 6.17 Å². The quantitative estimate of drug-likeness (QED) is 0.542. The number of phenolic OH excluding ortho intramolecular Hbond substituents is 2. The molecule has 1 aromatic carbocycles. The summed E-state index contributed by atoms with van der Waals surface area (Å²) < 4.78 is 18.1. The van der Waals surface area contributed by atoms with Crippen LogP contribution >= 0.6 is 0 Å². The van der Waals surface area contributed by atoms with Crippen molar-refractivity contribution in [2.24, 2.45) is 5.73 Å². The predicted octanol–water partition coefficient (Wildman–Crippen LogP) is 0.999. The molecule has 94 valence electrons. The molecule has 6 heteroatoms. The van der Waals surface area contributed by atoms with Crippen molar-refractivity contribution in [3.8, 4) is 11.5 Å². The molecule has 0 aliphatic carbocycles. The summed E-state index contributed by atoms with van der Waals surface area (Å²) >= 11 is 0. The molecule has 1 rings (SSSR count). The smallest absolute Gasteiger partial charge is 0.342 e. The summed E-state index contributed by atoms with van der Waals surface area (Å²) in [5.74, 6) is -1.56. The van der Waals surface area contributed by atoms with Gasteiger partial charge in [-0.25, -0.2) is 9.18 Å². The first-order valence-electron chi connectivity index (χ1n) is 5.05. The molecule has 0 saturated heterocycles. The summed E-state index contributed by atoms with van der Waals surface area (Å²) in [7, 11) is 0. The molecule has 0 spiro atoms. The van der Waals surface area contributed by atoms with E-state index in [1.54, 1.807) is 6.92 Å². The standard InChI is InChI=1S/C11H14FNO4/c1-2-17-11(16)9(12)10(13)7-5-6(14)3-4-8(7)15/h3-5,9-10,14-15H,2,13H2,1H3/t9?,10-/m1/s1. The number of alkyl halides is 1. The number of benzene rings is 1. The predicted molar refractivity (Wildman–Crippen MR) is 58.2 cm³/mol. The molecule has 0 amide bonds. The van der Waals surface area contributed by atoms with E-state index in [1.807, 2.05) is 0 Å². The van der Waals surface area contributed by atoms with Gasteiger partial charge in [0.1, 0.15) is 11.5 Å². The number of ether oxygens (including phenoxy) is 1. The molecule has 0 heterocycles. The van der Waals surface area contributed by atoms with Crippen molar-refractivity contribution < 1.29 is 24.1 Å². The Hall–Kier alpha value is -1.82. The molecule has 4 N–H and O–H groups in total. The topological polar surface area (TPSA) is 92.8 Å². The summed E-state index contributed by atoms with van der Waals surface area (Å²) in [6.07, 6.45) is -2.09. The van der Waals surface area contributed by atoms with Crippen LogP contribution in [0.5, 0.6) is 11.5 Å². The molecule has 2 atom stereocenters. The second-order valence-corrected chi connectivity index (χ2v) is 3.42. The molecule has 0 saturated carbocycles. The van der Waals surface area contributed by atoms with Crippen molar-refractivity contribution in [3.63, 3.8) is 0 Å². The Morgan fingerprint density at radius 2 is 2.18 bits per heavy atom. The van der Waals surface area contributed by atoms with Gasteiger partial charge in [0.05, 0.1) is 12.6 Å². The zero-order valence-corrected chi connectivity index (χ0v) is 9.26. The fraction of sp³-hybridized carbons (Fsp3) is 0.364. The van der Waals surface area contributed by atoms with Crippen LogP contribution in [0.4, 0.5) is 4.39 Å². The first-order valence-corrected chi connectivity index (χ1v) is 5.05. The molecule has 1 unspecified atom stereocenters. The molecular formula is C11H14FNO4. The molecule has 0 bridgehead atoms. The minimum absolute atomic E-state index is 0.0397. The third-order valence-corrected chi connectivity index (χ3v) is 2.20. The van der Waals surface area contributed by atoms with E-state index < -0.39 is 18.2 Å². The lowest BCUT2D eigenvalue weighted by molar-refractivity contribution is -0.149. The molecular weight excluding hydrogens is 229 g/mol. The summed E-state index contributed by atoms with van der Waals surface area (Å²) in [5, 5.41) is 18.7. The zero-order valence-electron chi connectivity index (χ0n) is 9.26. The molecule has 5 nitrogen and oxygen atoms in total. The Balaban J connectivity index is 2.91. The lowest BCUT2D eigenvalue weighted by Crippen LogP contribution is -2.31. The van der Waals surface area contributed by atoms with Crippen LogP contribution in [0.15, 0.2) is 18.2 Å². The fourth-order valence-corrected chi connectivity index (χ4v) is 1.34. The highest BCUT2D eigenvalue weighted by Gasteiger charge is 2.29. The number of hydrogen-bond donors (Lipinski definition) is 3. The van der Waals surface area contributed by atoms with Crippen molar-refractivity contribution in [2.75, 3.05) is 6.61 Å². The third kappa shape index (κ3) is 3.07. The Bertz CT molecular complexity index is 410. The minimum atomic E-state index is -2.09. The molecule has 0 aromatic heterocycles. The van der Waals surface area contributed by atoms with Crippen LogP contribution in [0.25, 0.3) is 0 Å². The van der Waals surface area contributed by atoms with Crippen molar-refractivity contribution in [1.82, 2.24) is 0 Å². The largest absolute Gasteiger partial charge is 0.508 e. The average Bonchev–Trinajstić information content (AvgIpc) is 2.30. The van der Waals surface area contributed by atoms with E-state index in [4.69, 9.17) is 5.73 Å². The molecule has 0 aliphatic heterocycles. The second-order valence-electron chi connectivity index (χ2n) is 3.42. The van der Waals surface area contributed by atoms with E-state index in [0.717, 1.165) is 6.07 Å². The maximum absolute atomic E-state index is 13.6. The van der Waals surface area contributed by atoms with E-state index in [9.17, 15) is 19.4 Å². The number of hydrogen-bond acceptors (Lipinski definition) is 5. The second kappa shape index (κ2) is 5.49. The van der Waals surface area contributed by atoms with Crippen molar-refractivity contribution in [2.45, 2.75) is 19.1 Å². The zero-order chi connectivity index (χ0) is 13.0. The van der Waals surface area contributed by atoms with Crippen molar-refractivity contribution in [3.05, 3.63) is 23.8 Å². The Labute approximate surface area is 97.6 Å². The van der Waals surface area contributed by atoms with E-state index in [0.29, 0.717) is 0 Å². The van der Waals surface area contributed by atoms with Crippen LogP contribution in [-0.4, -0.2) is 29.0 Å². The van der Waals surface area contributed by atoms with E-state index >= 15 is 0 Å². The van der Waals surface area contributed by atoms with Gasteiger partial charge in [-0.1, -0.05) is 0 Å². The van der Waals surface area contributed by atoms with Gasteiger partial charge in [-0.2, -0.15) is 0 Å². The van der Waals surface area contributed by atoms with Gasteiger partial charge in [0, 0.05) is 5.56 Å². The Kier molecular flexibility index (Phi) is 4.28. The highest BCUT2D eigenvalue weighted by atomic mass is 19.1. The number of aromatic hydroxyl groups is 2. The Morgan fingerprint density at radius 3 is 2.76 bits per heavy atom. The van der Waals surface area contributed by atoms with Gasteiger partial charge in [0.25, 0.3) is 0 Å². The van der Waals surface area contributed by atoms with E-state index in [2.05, 4.69) is 4.74 Å². The molecule has 0 fully saturated rings. The van der Waals surface area contributed by atoms with Crippen LogP contribution in [0.1, 0.15) is 18.5 Å². The van der Waals surface area contributed by atoms with Gasteiger partial charge < -0.3 is 20.7 Å². The number of halogens is 1. The molecule has 0 aliphatic rings. The van der Waals surface area contributed by atoms with Gasteiger partial charge >= 0.3 is 5.97 Å².